The topological polar surface area (TPSA) is 12.0 Å². The normalized spacial score (nSPS) is 11.1. The van der Waals surface area contributed by atoms with Gasteiger partial charge in [-0.15, -0.1) is 0 Å². The maximum absolute atomic E-state index is 6.14. The van der Waals surface area contributed by atoms with Gasteiger partial charge in [0, 0.05) is 6.54 Å². The van der Waals surface area contributed by atoms with E-state index in [-0.39, 0.29) is 15.1 Å². The zero-order chi connectivity index (χ0) is 15.1. The predicted molar refractivity (Wildman–Crippen MR) is 94.1 cm³/mol. The molecule has 1 aromatic rings. The Kier molecular flexibility index (Phi) is 9.41. The quantitative estimate of drug-likeness (QED) is 0.211. The Hall–Kier alpha value is 0.980. The standard InChI is InChI=1S/C13H16Cl5NS/c1-2-3-4-5-6-7-19-20-13-11(17)9(15)8(14)10(16)12(13)18/h19H,2-7H2,1H3. The van der Waals surface area contributed by atoms with Gasteiger partial charge in [-0.25, -0.2) is 0 Å². The molecule has 0 heterocycles. The molecule has 1 rings (SSSR count). The van der Waals surface area contributed by atoms with Crippen molar-refractivity contribution in [2.24, 2.45) is 0 Å². The number of halogens is 5. The monoisotopic (exact) mass is 393 g/mol. The van der Waals surface area contributed by atoms with Crippen molar-refractivity contribution in [2.45, 2.75) is 43.9 Å². The van der Waals surface area contributed by atoms with Crippen molar-refractivity contribution in [1.82, 2.24) is 4.72 Å². The highest BCUT2D eigenvalue weighted by Crippen LogP contribution is 2.47. The number of rotatable bonds is 8. The average molecular weight is 396 g/mol. The Labute approximate surface area is 149 Å². The second-order valence-corrected chi connectivity index (χ2v) is 7.10. The minimum Gasteiger partial charge on any atom is -0.260 e. The fourth-order valence-electron chi connectivity index (χ4n) is 1.60. The second-order valence-electron chi connectivity index (χ2n) is 4.31. The van der Waals surface area contributed by atoms with Crippen LogP contribution in [0, 0.1) is 0 Å². The van der Waals surface area contributed by atoms with E-state index < -0.39 is 0 Å². The van der Waals surface area contributed by atoms with Crippen LogP contribution in [-0.2, 0) is 0 Å². The molecule has 0 atom stereocenters. The van der Waals surface area contributed by atoms with Crippen LogP contribution < -0.4 is 4.72 Å². The summed E-state index contributed by atoms with van der Waals surface area (Å²) in [5.74, 6) is 0. The second kappa shape index (κ2) is 9.89. The highest BCUT2D eigenvalue weighted by molar-refractivity contribution is 7.97. The Balaban J connectivity index is 2.52. The van der Waals surface area contributed by atoms with Gasteiger partial charge in [0.15, 0.2) is 0 Å². The molecule has 0 aromatic heterocycles. The van der Waals surface area contributed by atoms with Crippen LogP contribution in [0.25, 0.3) is 0 Å². The van der Waals surface area contributed by atoms with Crippen molar-refractivity contribution < 1.29 is 0 Å². The summed E-state index contributed by atoms with van der Waals surface area (Å²) in [5.41, 5.74) is 0. The smallest absolute Gasteiger partial charge is 0.0809 e. The largest absolute Gasteiger partial charge is 0.260 e. The summed E-state index contributed by atoms with van der Waals surface area (Å²) in [4.78, 5) is 0.612. The van der Waals surface area contributed by atoms with Gasteiger partial charge in [0.05, 0.1) is 30.0 Å². The first kappa shape index (κ1) is 19.0. The van der Waals surface area contributed by atoms with Crippen LogP contribution in [0.5, 0.6) is 0 Å². The number of hydrogen-bond acceptors (Lipinski definition) is 2. The molecule has 1 nitrogen and oxygen atoms in total. The van der Waals surface area contributed by atoms with E-state index in [1.54, 1.807) is 0 Å². The minimum atomic E-state index is 0.187. The zero-order valence-corrected chi connectivity index (χ0v) is 15.6. The third-order valence-electron chi connectivity index (χ3n) is 2.73. The molecule has 0 saturated heterocycles. The van der Waals surface area contributed by atoms with Gasteiger partial charge < -0.3 is 0 Å². The molecule has 0 radical (unpaired) electrons. The lowest BCUT2D eigenvalue weighted by Crippen LogP contribution is -2.05. The maximum Gasteiger partial charge on any atom is 0.0809 e. The molecular formula is C13H16Cl5NS. The first-order chi connectivity index (χ1) is 9.50. The van der Waals surface area contributed by atoms with Gasteiger partial charge >= 0.3 is 0 Å². The van der Waals surface area contributed by atoms with E-state index in [1.165, 1.54) is 37.6 Å². The number of benzene rings is 1. The van der Waals surface area contributed by atoms with Gasteiger partial charge in [-0.05, 0) is 18.4 Å². The first-order valence-corrected chi connectivity index (χ1v) is 9.12. The lowest BCUT2D eigenvalue weighted by Gasteiger charge is -2.12. The van der Waals surface area contributed by atoms with Gasteiger partial charge in [0.1, 0.15) is 0 Å². The van der Waals surface area contributed by atoms with Crippen LogP contribution >= 0.6 is 70.0 Å². The van der Waals surface area contributed by atoms with Crippen LogP contribution in [0.2, 0.25) is 25.1 Å². The summed E-state index contributed by atoms with van der Waals surface area (Å²) < 4.78 is 3.22. The van der Waals surface area contributed by atoms with E-state index in [9.17, 15) is 0 Å². The van der Waals surface area contributed by atoms with Gasteiger partial charge in [-0.3, -0.25) is 4.72 Å². The molecule has 0 bridgehead atoms. The Morgan fingerprint density at radius 3 is 1.80 bits per heavy atom. The fraction of sp³-hybridized carbons (Fsp3) is 0.538. The number of hydrogen-bond donors (Lipinski definition) is 1. The molecule has 0 fully saturated rings. The van der Waals surface area contributed by atoms with Crippen LogP contribution in [0.4, 0.5) is 0 Å². The Morgan fingerprint density at radius 1 is 0.750 bits per heavy atom. The van der Waals surface area contributed by atoms with Gasteiger partial charge in [-0.2, -0.15) is 0 Å². The summed E-state index contributed by atoms with van der Waals surface area (Å²) in [6.45, 7) is 3.07. The Bertz CT molecular complexity index is 424. The van der Waals surface area contributed by atoms with Crippen LogP contribution in [0.1, 0.15) is 39.0 Å². The van der Waals surface area contributed by atoms with E-state index in [0.717, 1.165) is 13.0 Å². The SMILES string of the molecule is CCCCCCCNSc1c(Cl)c(Cl)c(Cl)c(Cl)c1Cl. The third-order valence-corrected chi connectivity index (χ3v) is 6.19. The van der Waals surface area contributed by atoms with Crippen molar-refractivity contribution in [3.8, 4) is 0 Å². The summed E-state index contributed by atoms with van der Waals surface area (Å²) in [6, 6.07) is 0. The highest BCUT2D eigenvalue weighted by Gasteiger charge is 2.19. The van der Waals surface area contributed by atoms with Crippen LogP contribution in [0.15, 0.2) is 4.90 Å². The average Bonchev–Trinajstić information content (AvgIpc) is 2.45. The summed E-state index contributed by atoms with van der Waals surface area (Å²) in [7, 11) is 0. The van der Waals surface area contributed by atoms with E-state index in [0.29, 0.717) is 14.9 Å². The lowest BCUT2D eigenvalue weighted by molar-refractivity contribution is 0.630. The fourth-order valence-corrected chi connectivity index (χ4v) is 3.85. The molecule has 0 spiro atoms. The maximum atomic E-state index is 6.14. The van der Waals surface area contributed by atoms with Crippen molar-refractivity contribution in [2.75, 3.05) is 6.54 Å². The Morgan fingerprint density at radius 2 is 1.25 bits per heavy atom. The number of unbranched alkanes of at least 4 members (excludes halogenated alkanes) is 4. The molecule has 0 aliphatic carbocycles. The first-order valence-electron chi connectivity index (χ1n) is 6.41. The van der Waals surface area contributed by atoms with Gasteiger partial charge in [0.2, 0.25) is 0 Å². The molecular weight excluding hydrogens is 379 g/mol. The molecule has 114 valence electrons. The molecule has 0 saturated carbocycles. The highest BCUT2D eigenvalue weighted by atomic mass is 35.5. The molecule has 20 heavy (non-hydrogen) atoms. The molecule has 0 aliphatic rings. The molecule has 0 amide bonds. The van der Waals surface area contributed by atoms with Gasteiger partial charge in [0.25, 0.3) is 0 Å². The lowest BCUT2D eigenvalue weighted by atomic mass is 10.2. The van der Waals surface area contributed by atoms with Gasteiger partial charge in [-0.1, -0.05) is 90.6 Å². The van der Waals surface area contributed by atoms with E-state index in [4.69, 9.17) is 58.0 Å². The van der Waals surface area contributed by atoms with Crippen LogP contribution in [0.3, 0.4) is 0 Å². The van der Waals surface area contributed by atoms with Crippen LogP contribution in [-0.4, -0.2) is 6.54 Å². The van der Waals surface area contributed by atoms with Crippen molar-refractivity contribution in [3.05, 3.63) is 25.1 Å². The summed E-state index contributed by atoms with van der Waals surface area (Å²) >= 11 is 31.6. The molecule has 0 aliphatic heterocycles. The van der Waals surface area contributed by atoms with E-state index >= 15 is 0 Å². The number of nitrogens with one attached hydrogen (secondary N) is 1. The minimum absolute atomic E-state index is 0.187. The predicted octanol–water partition coefficient (Wildman–Crippen LogP) is 7.52. The van der Waals surface area contributed by atoms with Crippen molar-refractivity contribution in [3.63, 3.8) is 0 Å². The molecule has 1 aromatic carbocycles. The molecule has 0 unspecified atom stereocenters. The van der Waals surface area contributed by atoms with Crippen molar-refractivity contribution in [1.29, 1.82) is 0 Å². The molecule has 1 N–H and O–H groups in total. The zero-order valence-electron chi connectivity index (χ0n) is 11.0. The third kappa shape index (κ3) is 5.31. The summed E-state index contributed by atoms with van der Waals surface area (Å²) in [5, 5.41) is 1.31. The molecule has 7 heteroatoms. The van der Waals surface area contributed by atoms with Crippen molar-refractivity contribution >= 4 is 70.0 Å². The summed E-state index contributed by atoms with van der Waals surface area (Å²) in [6.07, 6.45) is 6.12. The van der Waals surface area contributed by atoms with E-state index in [2.05, 4.69) is 11.6 Å². The van der Waals surface area contributed by atoms with E-state index in [1.807, 2.05) is 0 Å².